The Kier molecular flexibility index (Phi) is 0.376. The van der Waals surface area contributed by atoms with E-state index in [1.54, 1.807) is 0 Å². The average Bonchev–Trinajstić information content (AvgIpc) is 2.32. The number of hydrogen-bond donors (Lipinski definition) is 1. The average molecular weight is 122 g/mol. The molecule has 2 aromatic rings. The van der Waals surface area contributed by atoms with Crippen LogP contribution >= 0.6 is 0 Å². The molecule has 2 rings (SSSR count). The van der Waals surface area contributed by atoms with Crippen LogP contribution in [-0.2, 0) is 0 Å². The predicted molar refractivity (Wildman–Crippen MR) is 36.1 cm³/mol. The molecular weight excluding hydrogens is 112 g/mol. The maximum absolute atomic E-state index is 7.45. The first-order chi connectivity index (χ1) is 6.09. The van der Waals surface area contributed by atoms with E-state index in [0.29, 0.717) is 10.9 Å². The molecular formula is C7H6N2. The van der Waals surface area contributed by atoms with Gasteiger partial charge < -0.3 is 4.98 Å². The maximum atomic E-state index is 7.45. The van der Waals surface area contributed by atoms with Gasteiger partial charge in [-0.1, -0.05) is 0 Å². The number of aromatic nitrogens is 2. The van der Waals surface area contributed by atoms with Gasteiger partial charge in [0.25, 0.3) is 0 Å². The third-order valence-electron chi connectivity index (χ3n) is 1.10. The van der Waals surface area contributed by atoms with E-state index in [1.807, 2.05) is 0 Å². The van der Waals surface area contributed by atoms with Gasteiger partial charge in [0.1, 0.15) is 0 Å². The first kappa shape index (κ1) is 2.14. The summed E-state index contributed by atoms with van der Waals surface area (Å²) < 4.78 is 29.4. The quantitative estimate of drug-likeness (QED) is 0.564. The number of rotatable bonds is 0. The van der Waals surface area contributed by atoms with Gasteiger partial charge in [0, 0.05) is 17.7 Å². The first-order valence-corrected chi connectivity index (χ1v) is 2.52. The summed E-state index contributed by atoms with van der Waals surface area (Å²) in [5.41, 5.74) is 0.353. The van der Waals surface area contributed by atoms with Gasteiger partial charge in [-0.2, -0.15) is 0 Å². The van der Waals surface area contributed by atoms with Crippen molar-refractivity contribution < 1.29 is 5.48 Å². The second-order valence-electron chi connectivity index (χ2n) is 1.66. The number of hydrogen-bond acceptors (Lipinski definition) is 1. The highest BCUT2D eigenvalue weighted by molar-refractivity contribution is 5.77. The molecule has 2 aromatic heterocycles. The van der Waals surface area contributed by atoms with Gasteiger partial charge >= 0.3 is 0 Å². The molecule has 2 nitrogen and oxygen atoms in total. The lowest BCUT2D eigenvalue weighted by molar-refractivity contribution is 1.34. The molecule has 0 amide bonds. The van der Waals surface area contributed by atoms with Crippen LogP contribution in [0, 0.1) is 0 Å². The highest BCUT2D eigenvalue weighted by Gasteiger charge is 1.87. The lowest BCUT2D eigenvalue weighted by Crippen LogP contribution is -1.68. The van der Waals surface area contributed by atoms with Gasteiger partial charge in [0.15, 0.2) is 0 Å². The van der Waals surface area contributed by atoms with Gasteiger partial charge in [0.2, 0.25) is 0 Å². The number of aromatic amines is 1. The molecule has 1 N–H and O–H groups in total. The molecule has 0 radical (unpaired) electrons. The monoisotopic (exact) mass is 122 g/mol. The number of nitrogens with one attached hydrogen (secondary N) is 1. The molecule has 0 saturated carbocycles. The second kappa shape index (κ2) is 1.58. The van der Waals surface area contributed by atoms with Gasteiger partial charge in [0.05, 0.1) is 17.2 Å². The Morgan fingerprint density at radius 2 is 2.67 bits per heavy atom. The fourth-order valence-corrected chi connectivity index (χ4v) is 0.672. The topological polar surface area (TPSA) is 28.7 Å². The zero-order valence-corrected chi connectivity index (χ0v) is 4.52. The highest BCUT2D eigenvalue weighted by atomic mass is 14.7. The molecule has 0 saturated heterocycles. The van der Waals surface area contributed by atoms with Crippen LogP contribution in [0.2, 0.25) is 0 Å². The molecule has 44 valence electrons. The number of H-pyrrole nitrogens is 1. The summed E-state index contributed by atoms with van der Waals surface area (Å²) in [7, 11) is 0. The third kappa shape index (κ3) is 0.598. The Morgan fingerprint density at radius 1 is 1.67 bits per heavy atom. The largest absolute Gasteiger partial charge is 0.360 e. The summed E-state index contributed by atoms with van der Waals surface area (Å²) in [5.74, 6) is 0. The molecule has 0 aromatic carbocycles. The number of pyridine rings is 1. The summed E-state index contributed by atoms with van der Waals surface area (Å²) in [6.45, 7) is 0. The van der Waals surface area contributed by atoms with E-state index in [4.69, 9.17) is 5.48 Å². The van der Waals surface area contributed by atoms with E-state index >= 15 is 0 Å². The summed E-state index contributed by atoms with van der Waals surface area (Å²) in [4.78, 5) is 6.16. The van der Waals surface area contributed by atoms with E-state index in [9.17, 15) is 0 Å². The summed E-state index contributed by atoms with van der Waals surface area (Å²) >= 11 is 0. The van der Waals surface area contributed by atoms with Crippen molar-refractivity contribution in [3.63, 3.8) is 0 Å². The van der Waals surface area contributed by atoms with Crippen molar-refractivity contribution >= 4 is 10.9 Å². The van der Waals surface area contributed by atoms with Crippen LogP contribution in [0.3, 0.4) is 0 Å². The fourth-order valence-electron chi connectivity index (χ4n) is 0.672. The minimum Gasteiger partial charge on any atom is -0.360 e. The van der Waals surface area contributed by atoms with Crippen molar-refractivity contribution in [1.82, 2.24) is 9.97 Å². The van der Waals surface area contributed by atoms with Crippen LogP contribution in [0.1, 0.15) is 5.48 Å². The minimum atomic E-state index is -0.0884. The molecule has 0 aliphatic carbocycles. The van der Waals surface area contributed by atoms with Crippen molar-refractivity contribution in [2.75, 3.05) is 0 Å². The smallest absolute Gasteiger partial charge is 0.0863 e. The molecule has 0 atom stereocenters. The lowest BCUT2D eigenvalue weighted by atomic mass is 10.3. The Labute approximate surface area is 58.2 Å². The van der Waals surface area contributed by atoms with Crippen LogP contribution in [0.5, 0.6) is 0 Å². The van der Waals surface area contributed by atoms with Crippen molar-refractivity contribution in [1.29, 1.82) is 0 Å². The molecule has 2 heteroatoms. The summed E-state index contributed by atoms with van der Waals surface area (Å²) in [6, 6.07) is 1.39. The van der Waals surface area contributed by atoms with Gasteiger partial charge in [-0.3, -0.25) is 4.98 Å². The zero-order valence-electron chi connectivity index (χ0n) is 8.52. The Bertz CT molecular complexity index is 477. The lowest BCUT2D eigenvalue weighted by Gasteiger charge is -1.82. The van der Waals surface area contributed by atoms with Gasteiger partial charge in [-0.25, -0.2) is 0 Å². The molecule has 0 fully saturated rings. The van der Waals surface area contributed by atoms with Gasteiger partial charge in [-0.15, -0.1) is 0 Å². The van der Waals surface area contributed by atoms with Crippen LogP contribution < -0.4 is 0 Å². The molecule has 9 heavy (non-hydrogen) atoms. The van der Waals surface area contributed by atoms with Crippen molar-refractivity contribution in [2.24, 2.45) is 0 Å². The van der Waals surface area contributed by atoms with Crippen molar-refractivity contribution in [3.05, 3.63) is 30.6 Å². The molecule has 0 unspecified atom stereocenters. The molecule has 0 bridgehead atoms. The SMILES string of the molecule is [2H]c1cc2c([2H])c([2H])[nH]c2c([2H])n1. The van der Waals surface area contributed by atoms with E-state index in [2.05, 4.69) is 9.97 Å². The molecule has 2 heterocycles. The van der Waals surface area contributed by atoms with Crippen LogP contribution in [-0.4, -0.2) is 9.97 Å². The maximum Gasteiger partial charge on any atom is 0.0863 e. The second-order valence-corrected chi connectivity index (χ2v) is 1.66. The Balaban J connectivity index is 2.94. The minimum absolute atomic E-state index is 0.0133. The molecule has 0 aliphatic rings. The fraction of sp³-hybridized carbons (Fsp3) is 0. The predicted octanol–water partition coefficient (Wildman–Crippen LogP) is 1.56. The van der Waals surface area contributed by atoms with Crippen LogP contribution in [0.4, 0.5) is 0 Å². The Morgan fingerprint density at radius 3 is 3.67 bits per heavy atom. The normalized spacial score (nSPS) is 16.4. The molecule has 0 aliphatic heterocycles. The van der Waals surface area contributed by atoms with E-state index < -0.39 is 0 Å². The summed E-state index contributed by atoms with van der Waals surface area (Å²) in [6.07, 6.45) is -0.185. The van der Waals surface area contributed by atoms with Crippen molar-refractivity contribution in [2.45, 2.75) is 0 Å². The van der Waals surface area contributed by atoms with Gasteiger partial charge in [-0.05, 0) is 12.1 Å². The zero-order chi connectivity index (χ0) is 9.59. The van der Waals surface area contributed by atoms with E-state index in [0.717, 1.165) is 0 Å². The van der Waals surface area contributed by atoms with E-state index in [-0.39, 0.29) is 24.6 Å². The Hall–Kier alpha value is -1.31. The van der Waals surface area contributed by atoms with E-state index in [1.165, 1.54) is 6.07 Å². The highest BCUT2D eigenvalue weighted by Crippen LogP contribution is 2.07. The standard InChI is InChI=1S/C7H6N2/c1-3-8-5-7-6(1)2-4-9-7/h1-5,9H/i2D,3D,4D,5D. The third-order valence-corrected chi connectivity index (χ3v) is 1.10. The number of fused-ring (bicyclic) bond motifs is 1. The van der Waals surface area contributed by atoms with Crippen molar-refractivity contribution in [3.8, 4) is 0 Å². The number of nitrogens with zero attached hydrogens (tertiary/aromatic N) is 1. The van der Waals surface area contributed by atoms with Crippen LogP contribution in [0.15, 0.2) is 30.6 Å². The summed E-state index contributed by atoms with van der Waals surface area (Å²) in [5, 5.41) is 0.412. The first-order valence-electron chi connectivity index (χ1n) is 4.52. The van der Waals surface area contributed by atoms with Crippen LogP contribution in [0.25, 0.3) is 10.9 Å². The molecule has 0 spiro atoms.